The minimum absolute atomic E-state index is 0.0657. The van der Waals surface area contributed by atoms with Gasteiger partial charge in [0.1, 0.15) is 18.8 Å². The lowest BCUT2D eigenvalue weighted by Crippen LogP contribution is -2.36. The Bertz CT molecular complexity index is 1050. The number of amides is 1. The summed E-state index contributed by atoms with van der Waals surface area (Å²) in [5.74, 6) is -0.0657. The van der Waals surface area contributed by atoms with Crippen LogP contribution in [0, 0.1) is 0 Å². The second-order valence-corrected chi connectivity index (χ2v) is 7.06. The molecule has 4 rings (SSSR count). The molecule has 8 nitrogen and oxygen atoms in total. The highest BCUT2D eigenvalue weighted by Gasteiger charge is 2.29. The molecule has 0 bridgehead atoms. The van der Waals surface area contributed by atoms with E-state index in [0.717, 1.165) is 22.3 Å². The molecule has 0 saturated carbocycles. The van der Waals surface area contributed by atoms with Crippen molar-refractivity contribution in [3.8, 4) is 11.1 Å². The first kappa shape index (κ1) is 19.8. The molecule has 0 fully saturated rings. The van der Waals surface area contributed by atoms with Gasteiger partial charge in [-0.05, 0) is 28.3 Å². The highest BCUT2D eigenvalue weighted by Crippen LogP contribution is 2.44. The average Bonchev–Trinajstić information content (AvgIpc) is 3.10. The highest BCUT2D eigenvalue weighted by atomic mass is 16.5. The number of aromatic amines is 1. The number of benzene rings is 2. The van der Waals surface area contributed by atoms with Crippen molar-refractivity contribution in [1.29, 1.82) is 0 Å². The molecular formula is C22H21N3O5. The molecule has 3 aromatic rings. The predicted octanol–water partition coefficient (Wildman–Crippen LogP) is 1.70. The van der Waals surface area contributed by atoms with Gasteiger partial charge >= 0.3 is 6.09 Å². The maximum atomic E-state index is 12.1. The monoisotopic (exact) mass is 407 g/mol. The van der Waals surface area contributed by atoms with E-state index in [0.29, 0.717) is 0 Å². The van der Waals surface area contributed by atoms with Gasteiger partial charge in [0.05, 0.1) is 5.69 Å². The molecule has 1 aliphatic carbocycles. The number of aliphatic hydroxyl groups is 2. The topological polar surface area (TPSA) is 125 Å². The van der Waals surface area contributed by atoms with E-state index in [9.17, 15) is 19.8 Å². The Kier molecular flexibility index (Phi) is 5.60. The molecule has 1 heterocycles. The van der Waals surface area contributed by atoms with Crippen LogP contribution in [0.3, 0.4) is 0 Å². The molecule has 154 valence electrons. The number of ether oxygens (including phenoxy) is 1. The lowest BCUT2D eigenvalue weighted by Gasteiger charge is -2.18. The van der Waals surface area contributed by atoms with Crippen LogP contribution in [0.4, 0.5) is 4.79 Å². The fourth-order valence-electron chi connectivity index (χ4n) is 3.67. The van der Waals surface area contributed by atoms with Crippen molar-refractivity contribution in [2.75, 3.05) is 13.2 Å². The van der Waals surface area contributed by atoms with Gasteiger partial charge in [0.15, 0.2) is 0 Å². The quantitative estimate of drug-likeness (QED) is 0.493. The summed E-state index contributed by atoms with van der Waals surface area (Å²) < 4.78 is 5.39. The zero-order valence-corrected chi connectivity index (χ0v) is 16.0. The first-order chi connectivity index (χ1) is 14.5. The van der Waals surface area contributed by atoms with Gasteiger partial charge in [-0.2, -0.15) is 5.10 Å². The van der Waals surface area contributed by atoms with Gasteiger partial charge in [0, 0.05) is 18.5 Å². The number of fused-ring (bicyclic) bond motifs is 3. The number of alkyl carbamates (subject to hydrolysis) is 1. The molecule has 2 atom stereocenters. The summed E-state index contributed by atoms with van der Waals surface area (Å²) in [5.41, 5.74) is 4.15. The third kappa shape index (κ3) is 3.96. The first-order valence-electron chi connectivity index (χ1n) is 9.55. The van der Waals surface area contributed by atoms with Gasteiger partial charge in [0.25, 0.3) is 5.56 Å². The van der Waals surface area contributed by atoms with Gasteiger partial charge in [0.2, 0.25) is 0 Å². The molecule has 0 spiro atoms. The normalized spacial score (nSPS) is 14.5. The van der Waals surface area contributed by atoms with E-state index in [1.54, 1.807) is 0 Å². The SMILES string of the molecule is O=C(NCC(O)C(O)c1ccc(=O)[nH]n1)OCC1c2ccccc2-c2ccccc21. The average molecular weight is 407 g/mol. The summed E-state index contributed by atoms with van der Waals surface area (Å²) in [6.07, 6.45) is -3.38. The summed E-state index contributed by atoms with van der Waals surface area (Å²) >= 11 is 0. The van der Waals surface area contributed by atoms with E-state index in [-0.39, 0.29) is 24.8 Å². The van der Waals surface area contributed by atoms with Crippen LogP contribution in [-0.4, -0.2) is 45.8 Å². The standard InChI is InChI=1S/C22H21N3O5/c26-19(21(28)18-9-10-20(27)25-24-18)11-23-22(29)30-12-17-15-7-3-1-5-13(15)14-6-2-4-8-16(14)17/h1-10,17,19,21,26,28H,11-12H2,(H,23,29)(H,25,27). The number of carbonyl (C=O) groups is 1. The van der Waals surface area contributed by atoms with Crippen LogP contribution in [0.25, 0.3) is 11.1 Å². The number of hydrogen-bond acceptors (Lipinski definition) is 6. The Hall–Kier alpha value is -3.49. The van der Waals surface area contributed by atoms with Gasteiger partial charge in [-0.15, -0.1) is 0 Å². The second kappa shape index (κ2) is 8.48. The van der Waals surface area contributed by atoms with E-state index >= 15 is 0 Å². The number of aliphatic hydroxyl groups excluding tert-OH is 2. The lowest BCUT2D eigenvalue weighted by molar-refractivity contribution is 0.0155. The van der Waals surface area contributed by atoms with Crippen molar-refractivity contribution in [2.24, 2.45) is 0 Å². The minimum Gasteiger partial charge on any atom is -0.449 e. The molecule has 4 N–H and O–H groups in total. The van der Waals surface area contributed by atoms with Crippen LogP contribution in [0.15, 0.2) is 65.5 Å². The fraction of sp³-hybridized carbons (Fsp3) is 0.227. The second-order valence-electron chi connectivity index (χ2n) is 7.06. The number of nitrogens with one attached hydrogen (secondary N) is 2. The zero-order valence-electron chi connectivity index (χ0n) is 16.0. The van der Waals surface area contributed by atoms with Crippen molar-refractivity contribution in [2.45, 2.75) is 18.1 Å². The molecule has 0 saturated heterocycles. The van der Waals surface area contributed by atoms with E-state index in [4.69, 9.17) is 4.74 Å². The van der Waals surface area contributed by atoms with Crippen LogP contribution in [0.1, 0.15) is 28.8 Å². The van der Waals surface area contributed by atoms with Crippen molar-refractivity contribution in [3.63, 3.8) is 0 Å². The van der Waals surface area contributed by atoms with Gasteiger partial charge in [-0.3, -0.25) is 4.79 Å². The zero-order chi connectivity index (χ0) is 21.1. The summed E-state index contributed by atoms with van der Waals surface area (Å²) in [7, 11) is 0. The molecule has 1 aliphatic rings. The molecule has 8 heteroatoms. The van der Waals surface area contributed by atoms with E-state index in [1.165, 1.54) is 12.1 Å². The van der Waals surface area contributed by atoms with Crippen molar-refractivity contribution < 1.29 is 19.7 Å². The summed E-state index contributed by atoms with van der Waals surface area (Å²) in [4.78, 5) is 23.2. The van der Waals surface area contributed by atoms with Crippen LogP contribution in [0.2, 0.25) is 0 Å². The molecule has 30 heavy (non-hydrogen) atoms. The van der Waals surface area contributed by atoms with Crippen molar-refractivity contribution in [1.82, 2.24) is 15.5 Å². The van der Waals surface area contributed by atoms with E-state index in [1.807, 2.05) is 36.4 Å². The number of hydrogen-bond donors (Lipinski definition) is 4. The number of aromatic nitrogens is 2. The maximum Gasteiger partial charge on any atom is 0.407 e. The highest BCUT2D eigenvalue weighted by molar-refractivity contribution is 5.79. The Morgan fingerprint density at radius 2 is 1.67 bits per heavy atom. The number of nitrogens with zero attached hydrogens (tertiary/aromatic N) is 1. The van der Waals surface area contributed by atoms with E-state index in [2.05, 4.69) is 27.6 Å². The summed E-state index contributed by atoms with van der Waals surface area (Å²) in [5, 5.41) is 28.5. The molecule has 2 aromatic carbocycles. The van der Waals surface area contributed by atoms with Crippen LogP contribution in [-0.2, 0) is 4.74 Å². The molecule has 1 amide bonds. The number of H-pyrrole nitrogens is 1. The fourth-order valence-corrected chi connectivity index (χ4v) is 3.67. The summed E-state index contributed by atoms with van der Waals surface area (Å²) in [6, 6.07) is 18.5. The molecule has 2 unspecified atom stereocenters. The summed E-state index contributed by atoms with van der Waals surface area (Å²) in [6.45, 7) is -0.0847. The Morgan fingerprint density at radius 3 is 2.27 bits per heavy atom. The smallest absolute Gasteiger partial charge is 0.407 e. The van der Waals surface area contributed by atoms with Gasteiger partial charge in [-0.25, -0.2) is 9.89 Å². The van der Waals surface area contributed by atoms with Crippen molar-refractivity contribution in [3.05, 3.63) is 87.8 Å². The van der Waals surface area contributed by atoms with Crippen LogP contribution in [0.5, 0.6) is 0 Å². The van der Waals surface area contributed by atoms with Gasteiger partial charge in [-0.1, -0.05) is 48.5 Å². The largest absolute Gasteiger partial charge is 0.449 e. The molecule has 0 aliphatic heterocycles. The molecule has 0 radical (unpaired) electrons. The van der Waals surface area contributed by atoms with Crippen molar-refractivity contribution >= 4 is 6.09 Å². The van der Waals surface area contributed by atoms with Crippen LogP contribution < -0.4 is 10.9 Å². The third-order valence-corrected chi connectivity index (χ3v) is 5.17. The van der Waals surface area contributed by atoms with Crippen LogP contribution >= 0.6 is 0 Å². The number of carbonyl (C=O) groups excluding carboxylic acids is 1. The molecule has 1 aromatic heterocycles. The Balaban J connectivity index is 1.34. The number of rotatable bonds is 6. The first-order valence-corrected chi connectivity index (χ1v) is 9.55. The lowest BCUT2D eigenvalue weighted by atomic mass is 9.98. The predicted molar refractivity (Wildman–Crippen MR) is 109 cm³/mol. The van der Waals surface area contributed by atoms with Gasteiger partial charge < -0.3 is 20.3 Å². The maximum absolute atomic E-state index is 12.1. The van der Waals surface area contributed by atoms with E-state index < -0.39 is 23.9 Å². The third-order valence-electron chi connectivity index (χ3n) is 5.17. The Labute approximate surface area is 172 Å². The molecular weight excluding hydrogens is 386 g/mol. The minimum atomic E-state index is -1.37. The Morgan fingerprint density at radius 1 is 1.03 bits per heavy atom.